The zero-order chi connectivity index (χ0) is 50.2. The van der Waals surface area contributed by atoms with Crippen molar-refractivity contribution in [1.82, 2.24) is 5.32 Å². The summed E-state index contributed by atoms with van der Waals surface area (Å²) < 4.78 is 0. The number of aliphatic hydroxyl groups excluding tert-OH is 4. The van der Waals surface area contributed by atoms with Gasteiger partial charge in [0.15, 0.2) is 0 Å². The fourth-order valence-electron chi connectivity index (χ4n) is 9.99. The van der Waals surface area contributed by atoms with E-state index in [1.807, 2.05) is 0 Å². The average Bonchev–Trinajstić information content (AvgIpc) is 3.35. The van der Waals surface area contributed by atoms with Crippen molar-refractivity contribution in [2.75, 3.05) is 6.61 Å². The molecule has 1 amide bonds. The Morgan fingerprint density at radius 3 is 0.870 bits per heavy atom. The molecule has 0 aliphatic carbocycles. The van der Waals surface area contributed by atoms with Crippen molar-refractivity contribution in [1.29, 1.82) is 0 Å². The van der Waals surface area contributed by atoms with Gasteiger partial charge in [-0.1, -0.05) is 301 Å². The zero-order valence-electron chi connectivity index (χ0n) is 46.6. The Hall–Kier alpha value is -1.21. The van der Waals surface area contributed by atoms with Gasteiger partial charge in [0.2, 0.25) is 5.91 Å². The molecule has 0 rings (SSSR count). The Labute approximate surface area is 431 Å². The highest BCUT2D eigenvalue weighted by molar-refractivity contribution is 5.80. The third-order valence-corrected chi connectivity index (χ3v) is 14.9. The van der Waals surface area contributed by atoms with Gasteiger partial charge in [0.05, 0.1) is 18.8 Å². The molecule has 6 heteroatoms. The van der Waals surface area contributed by atoms with Gasteiger partial charge in [-0.25, -0.2) is 0 Å². The van der Waals surface area contributed by atoms with Crippen LogP contribution in [0.1, 0.15) is 341 Å². The second-order valence-corrected chi connectivity index (χ2v) is 21.7. The first-order valence-electron chi connectivity index (χ1n) is 31.2. The maximum absolute atomic E-state index is 12.6. The highest BCUT2D eigenvalue weighted by Crippen LogP contribution is 2.18. The highest BCUT2D eigenvalue weighted by Gasteiger charge is 2.28. The van der Waals surface area contributed by atoms with Crippen molar-refractivity contribution in [3.8, 4) is 0 Å². The van der Waals surface area contributed by atoms with Crippen LogP contribution in [0.2, 0.25) is 0 Å². The zero-order valence-corrected chi connectivity index (χ0v) is 46.6. The van der Waals surface area contributed by atoms with Gasteiger partial charge >= 0.3 is 0 Å². The van der Waals surface area contributed by atoms with Gasteiger partial charge in [0.1, 0.15) is 12.2 Å². The molecule has 6 nitrogen and oxygen atoms in total. The minimum atomic E-state index is -1.28. The monoisotopic (exact) mass is 974 g/mol. The number of rotatable bonds is 58. The minimum absolute atomic E-state index is 0.361. The number of carbonyl (C=O) groups excluding carboxylic acids is 1. The minimum Gasteiger partial charge on any atom is -0.394 e. The summed E-state index contributed by atoms with van der Waals surface area (Å²) in [7, 11) is 0. The van der Waals surface area contributed by atoms with E-state index in [1.165, 1.54) is 276 Å². The second-order valence-electron chi connectivity index (χ2n) is 21.7. The van der Waals surface area contributed by atoms with Gasteiger partial charge in [0.25, 0.3) is 0 Å². The first-order chi connectivity index (χ1) is 34.0. The van der Waals surface area contributed by atoms with Crippen LogP contribution in [0, 0.1) is 0 Å². The van der Waals surface area contributed by atoms with Crippen molar-refractivity contribution < 1.29 is 25.2 Å². The van der Waals surface area contributed by atoms with E-state index < -0.39 is 36.9 Å². The SMILES string of the molecule is CCCCCCCCCCCCCC/C=C\CCCCCCCCCCC(O)C(=O)NC(CO)C(O)C(O)CCC/C=C/CCCCCCCCCCCCCCCCCCCCCCCCCC. The summed E-state index contributed by atoms with van der Waals surface area (Å²) >= 11 is 0. The number of hydrogen-bond acceptors (Lipinski definition) is 5. The second kappa shape index (κ2) is 57.7. The van der Waals surface area contributed by atoms with Crippen molar-refractivity contribution in [2.45, 2.75) is 366 Å². The number of carbonyl (C=O) groups is 1. The van der Waals surface area contributed by atoms with Gasteiger partial charge in [-0.2, -0.15) is 0 Å². The molecule has 0 aromatic rings. The van der Waals surface area contributed by atoms with Gasteiger partial charge in [-0.15, -0.1) is 0 Å². The number of aliphatic hydroxyl groups is 4. The lowest BCUT2D eigenvalue weighted by atomic mass is 10.00. The summed E-state index contributed by atoms with van der Waals surface area (Å²) in [5, 5.41) is 44.1. The molecule has 0 aliphatic rings. The summed E-state index contributed by atoms with van der Waals surface area (Å²) in [6.07, 6.45) is 71.3. The standard InChI is InChI=1S/C63H123NO5/c1-3-5-7-9-11-13-15-17-19-21-23-25-27-29-30-31-32-33-35-36-38-40-42-44-46-48-50-52-54-56-60(66)62(68)59(58-65)64-63(69)61(67)57-55-53-51-49-47-45-43-41-39-37-34-28-26-24-22-20-18-16-14-12-10-8-6-4-2/h34,37,48,50,59-62,65-68H,3-33,35-36,38-47,49,51-58H2,1-2H3,(H,64,69)/b37-34-,50-48+. The first kappa shape index (κ1) is 67.8. The highest BCUT2D eigenvalue weighted by atomic mass is 16.3. The Balaban J connectivity index is 3.61. The van der Waals surface area contributed by atoms with Crippen LogP contribution in [0.4, 0.5) is 0 Å². The van der Waals surface area contributed by atoms with Crippen molar-refractivity contribution >= 4 is 5.91 Å². The van der Waals surface area contributed by atoms with Crippen LogP contribution < -0.4 is 5.32 Å². The molecule has 0 spiro atoms. The summed E-state index contributed by atoms with van der Waals surface area (Å²) in [5.41, 5.74) is 0. The fourth-order valence-corrected chi connectivity index (χ4v) is 9.99. The molecule has 4 atom stereocenters. The number of amides is 1. The Morgan fingerprint density at radius 1 is 0.348 bits per heavy atom. The molecule has 0 aliphatic heterocycles. The number of hydrogen-bond donors (Lipinski definition) is 5. The van der Waals surface area contributed by atoms with Crippen LogP contribution in [0.15, 0.2) is 24.3 Å². The number of allylic oxidation sites excluding steroid dienone is 4. The molecule has 0 saturated heterocycles. The predicted molar refractivity (Wildman–Crippen MR) is 302 cm³/mol. The summed E-state index contributed by atoms with van der Waals surface area (Å²) in [6, 6.07) is -1.00. The molecular formula is C63H123NO5. The van der Waals surface area contributed by atoms with Crippen LogP contribution in [0.5, 0.6) is 0 Å². The lowest BCUT2D eigenvalue weighted by Crippen LogP contribution is -2.53. The maximum atomic E-state index is 12.6. The summed E-state index contributed by atoms with van der Waals surface area (Å²) in [6.45, 7) is 4.09. The molecule has 0 heterocycles. The van der Waals surface area contributed by atoms with Gasteiger partial charge in [-0.3, -0.25) is 4.79 Å². The van der Waals surface area contributed by atoms with E-state index in [4.69, 9.17) is 0 Å². The molecule has 0 bridgehead atoms. The van der Waals surface area contributed by atoms with Gasteiger partial charge in [-0.05, 0) is 64.2 Å². The Kier molecular flexibility index (Phi) is 56.7. The third-order valence-electron chi connectivity index (χ3n) is 14.9. The van der Waals surface area contributed by atoms with E-state index in [2.05, 4.69) is 43.5 Å². The Bertz CT molecular complexity index is 1050. The van der Waals surface area contributed by atoms with Gasteiger partial charge < -0.3 is 25.7 Å². The molecule has 0 radical (unpaired) electrons. The van der Waals surface area contributed by atoms with Crippen molar-refractivity contribution in [2.24, 2.45) is 0 Å². The van der Waals surface area contributed by atoms with E-state index in [-0.39, 0.29) is 0 Å². The molecule has 0 aromatic carbocycles. The summed E-state index contributed by atoms with van der Waals surface area (Å²) in [4.78, 5) is 12.6. The largest absolute Gasteiger partial charge is 0.394 e. The van der Waals surface area contributed by atoms with Crippen molar-refractivity contribution in [3.05, 3.63) is 24.3 Å². The Morgan fingerprint density at radius 2 is 0.594 bits per heavy atom. The van der Waals surface area contributed by atoms with Crippen LogP contribution >= 0.6 is 0 Å². The van der Waals surface area contributed by atoms with E-state index in [1.54, 1.807) is 0 Å². The molecule has 0 aromatic heterocycles. The van der Waals surface area contributed by atoms with E-state index in [0.29, 0.717) is 12.8 Å². The number of unbranched alkanes of at least 4 members (excludes halogenated alkanes) is 45. The fraction of sp³-hybridized carbons (Fsp3) is 0.921. The van der Waals surface area contributed by atoms with E-state index in [9.17, 15) is 25.2 Å². The van der Waals surface area contributed by atoms with E-state index in [0.717, 1.165) is 38.5 Å². The quantitative estimate of drug-likeness (QED) is 0.0308. The lowest BCUT2D eigenvalue weighted by Gasteiger charge is -2.27. The van der Waals surface area contributed by atoms with Crippen LogP contribution in [0.25, 0.3) is 0 Å². The first-order valence-corrected chi connectivity index (χ1v) is 31.2. The summed E-state index contributed by atoms with van der Waals surface area (Å²) in [5.74, 6) is -0.591. The van der Waals surface area contributed by atoms with Crippen molar-refractivity contribution in [3.63, 3.8) is 0 Å². The van der Waals surface area contributed by atoms with Crippen LogP contribution in [-0.4, -0.2) is 57.3 Å². The predicted octanol–water partition coefficient (Wildman–Crippen LogP) is 18.6. The molecule has 69 heavy (non-hydrogen) atoms. The number of nitrogens with one attached hydrogen (secondary N) is 1. The molecular weight excluding hydrogens is 851 g/mol. The lowest BCUT2D eigenvalue weighted by molar-refractivity contribution is -0.132. The smallest absolute Gasteiger partial charge is 0.249 e. The van der Waals surface area contributed by atoms with Crippen LogP contribution in [-0.2, 0) is 4.79 Å². The molecule has 4 unspecified atom stereocenters. The maximum Gasteiger partial charge on any atom is 0.249 e. The normalized spacial score (nSPS) is 13.8. The third kappa shape index (κ3) is 51.5. The average molecular weight is 975 g/mol. The molecule has 0 fully saturated rings. The van der Waals surface area contributed by atoms with Crippen LogP contribution in [0.3, 0.4) is 0 Å². The van der Waals surface area contributed by atoms with Gasteiger partial charge in [0, 0.05) is 0 Å². The molecule has 0 saturated carbocycles. The van der Waals surface area contributed by atoms with E-state index >= 15 is 0 Å². The molecule has 410 valence electrons. The molecule has 5 N–H and O–H groups in total. The topological polar surface area (TPSA) is 110 Å².